The van der Waals surface area contributed by atoms with E-state index in [1.54, 1.807) is 0 Å². The third-order valence-electron chi connectivity index (χ3n) is 8.47. The summed E-state index contributed by atoms with van der Waals surface area (Å²) in [7, 11) is 0. The summed E-state index contributed by atoms with van der Waals surface area (Å²) in [5, 5.41) is 0. The van der Waals surface area contributed by atoms with Crippen molar-refractivity contribution in [1.82, 2.24) is 0 Å². The van der Waals surface area contributed by atoms with E-state index in [0.717, 1.165) is 24.3 Å². The zero-order chi connectivity index (χ0) is 34.6. The van der Waals surface area contributed by atoms with Gasteiger partial charge in [0.15, 0.2) is 0 Å². The molecule has 0 spiro atoms. The fraction of sp³-hybridized carbons (Fsp3) is 0.257. The number of amides is 2. The van der Waals surface area contributed by atoms with Gasteiger partial charge in [-0.3, -0.25) is 9.59 Å². The SMILES string of the molecule is O=C1CCCN1c1cc(-c2c(-c3ccccc3C(F)(F)F)cc(C(F)(F)F)cc2-c2ccccc2C(F)(F)F)cc(N2CCCC2=O)c1. The van der Waals surface area contributed by atoms with Gasteiger partial charge >= 0.3 is 18.5 Å². The van der Waals surface area contributed by atoms with Crippen LogP contribution in [0, 0.1) is 0 Å². The molecule has 4 aromatic carbocycles. The topological polar surface area (TPSA) is 40.6 Å². The number of nitrogens with zero attached hydrogens (tertiary/aromatic N) is 2. The molecule has 13 heteroatoms. The lowest BCUT2D eigenvalue weighted by Gasteiger charge is -2.26. The van der Waals surface area contributed by atoms with E-state index < -0.39 is 57.5 Å². The number of rotatable bonds is 5. The van der Waals surface area contributed by atoms with Crippen molar-refractivity contribution >= 4 is 23.2 Å². The molecule has 250 valence electrons. The van der Waals surface area contributed by atoms with Crippen LogP contribution in [0.25, 0.3) is 33.4 Å². The number of anilines is 2. The van der Waals surface area contributed by atoms with Crippen molar-refractivity contribution in [2.75, 3.05) is 22.9 Å². The summed E-state index contributed by atoms with van der Waals surface area (Å²) in [6.07, 6.45) is -14.0. The molecule has 2 heterocycles. The Bertz CT molecular complexity index is 1790. The highest BCUT2D eigenvalue weighted by molar-refractivity contribution is 6.03. The number of halogens is 9. The second-order valence-corrected chi connectivity index (χ2v) is 11.6. The number of hydrogen-bond acceptors (Lipinski definition) is 2. The molecule has 48 heavy (non-hydrogen) atoms. The Kier molecular flexibility index (Phi) is 8.29. The van der Waals surface area contributed by atoms with Crippen molar-refractivity contribution in [2.24, 2.45) is 0 Å². The maximum atomic E-state index is 14.5. The second kappa shape index (κ2) is 12.0. The van der Waals surface area contributed by atoms with Gasteiger partial charge in [0.2, 0.25) is 11.8 Å². The van der Waals surface area contributed by atoms with Gasteiger partial charge in [-0.05, 0) is 88.7 Å². The van der Waals surface area contributed by atoms with Crippen molar-refractivity contribution in [2.45, 2.75) is 44.2 Å². The molecule has 2 aliphatic rings. The molecule has 2 amide bonds. The lowest BCUT2D eigenvalue weighted by molar-refractivity contribution is -0.137. The number of carbonyl (C=O) groups is 2. The van der Waals surface area contributed by atoms with Crippen LogP contribution in [0.3, 0.4) is 0 Å². The molecule has 2 aliphatic heterocycles. The molecule has 2 saturated heterocycles. The minimum atomic E-state index is -5.17. The van der Waals surface area contributed by atoms with Gasteiger partial charge in [-0.1, -0.05) is 36.4 Å². The molecule has 0 saturated carbocycles. The Labute approximate surface area is 268 Å². The van der Waals surface area contributed by atoms with Crippen molar-refractivity contribution in [3.63, 3.8) is 0 Å². The summed E-state index contributed by atoms with van der Waals surface area (Å²) in [5.74, 6) is -0.605. The molecule has 0 unspecified atom stereocenters. The van der Waals surface area contributed by atoms with Crippen molar-refractivity contribution < 1.29 is 49.1 Å². The zero-order valence-electron chi connectivity index (χ0n) is 24.9. The quantitative estimate of drug-likeness (QED) is 0.198. The maximum Gasteiger partial charge on any atom is 0.417 e. The molecule has 4 aromatic rings. The average Bonchev–Trinajstić information content (AvgIpc) is 3.66. The number of benzene rings is 4. The first kappa shape index (κ1) is 33.1. The van der Waals surface area contributed by atoms with Crippen LogP contribution in [0.2, 0.25) is 0 Å². The van der Waals surface area contributed by atoms with E-state index in [1.165, 1.54) is 40.1 Å². The monoisotopic (exact) mass is 676 g/mol. The van der Waals surface area contributed by atoms with Crippen LogP contribution in [0.1, 0.15) is 42.4 Å². The van der Waals surface area contributed by atoms with Crippen LogP contribution in [0.4, 0.5) is 50.9 Å². The molecule has 0 radical (unpaired) electrons. The summed E-state index contributed by atoms with van der Waals surface area (Å²) < 4.78 is 130. The molecule has 0 aromatic heterocycles. The Morgan fingerprint density at radius 1 is 0.500 bits per heavy atom. The van der Waals surface area contributed by atoms with Crippen molar-refractivity contribution in [3.8, 4) is 33.4 Å². The van der Waals surface area contributed by atoms with Gasteiger partial charge in [0.1, 0.15) is 0 Å². The Morgan fingerprint density at radius 2 is 0.917 bits per heavy atom. The third kappa shape index (κ3) is 6.25. The van der Waals surface area contributed by atoms with Gasteiger partial charge in [-0.25, -0.2) is 0 Å². The number of hydrogen-bond donors (Lipinski definition) is 0. The van der Waals surface area contributed by atoms with Crippen molar-refractivity contribution in [1.29, 1.82) is 0 Å². The molecule has 2 fully saturated rings. The van der Waals surface area contributed by atoms with Crippen LogP contribution in [0.15, 0.2) is 78.9 Å². The minimum absolute atomic E-state index is 0.0745. The molecule has 0 aliphatic carbocycles. The first-order valence-corrected chi connectivity index (χ1v) is 14.9. The average molecular weight is 677 g/mol. The van der Waals surface area contributed by atoms with Crippen molar-refractivity contribution in [3.05, 3.63) is 95.6 Å². The molecule has 4 nitrogen and oxygen atoms in total. The number of carbonyl (C=O) groups excluding carboxylic acids is 2. The van der Waals surface area contributed by atoms with Gasteiger partial charge in [0.05, 0.1) is 16.7 Å². The smallest absolute Gasteiger partial charge is 0.312 e. The van der Waals surface area contributed by atoms with E-state index in [1.807, 2.05) is 0 Å². The van der Waals surface area contributed by atoms with E-state index in [-0.39, 0.29) is 60.2 Å². The molecule has 0 atom stereocenters. The first-order chi connectivity index (χ1) is 22.5. The molecular weight excluding hydrogens is 651 g/mol. The van der Waals surface area contributed by atoms with Gasteiger partial charge < -0.3 is 9.80 Å². The Morgan fingerprint density at radius 3 is 1.27 bits per heavy atom. The fourth-order valence-electron chi connectivity index (χ4n) is 6.37. The second-order valence-electron chi connectivity index (χ2n) is 11.6. The molecule has 0 N–H and O–H groups in total. The number of alkyl halides is 9. The van der Waals surface area contributed by atoms with Crippen LogP contribution >= 0.6 is 0 Å². The van der Waals surface area contributed by atoms with E-state index in [9.17, 15) is 49.1 Å². The highest BCUT2D eigenvalue weighted by Crippen LogP contribution is 2.50. The van der Waals surface area contributed by atoms with E-state index in [0.29, 0.717) is 37.1 Å². The summed E-state index contributed by atoms with van der Waals surface area (Å²) in [4.78, 5) is 28.4. The maximum absolute atomic E-state index is 14.5. The summed E-state index contributed by atoms with van der Waals surface area (Å²) in [5.41, 5.74) is -6.76. The Balaban J connectivity index is 1.79. The highest BCUT2D eigenvalue weighted by atomic mass is 19.4. The predicted molar refractivity (Wildman–Crippen MR) is 161 cm³/mol. The normalized spacial score (nSPS) is 15.9. The summed E-state index contributed by atoms with van der Waals surface area (Å²) >= 11 is 0. The van der Waals surface area contributed by atoms with Crippen LogP contribution < -0.4 is 9.80 Å². The van der Waals surface area contributed by atoms with Gasteiger partial charge in [0, 0.05) is 37.3 Å². The van der Waals surface area contributed by atoms with Gasteiger partial charge in [0.25, 0.3) is 0 Å². The fourth-order valence-corrected chi connectivity index (χ4v) is 6.37. The minimum Gasteiger partial charge on any atom is -0.312 e. The van der Waals surface area contributed by atoms with E-state index in [2.05, 4.69) is 0 Å². The Hall–Kier alpha value is -4.81. The lowest BCUT2D eigenvalue weighted by Crippen LogP contribution is -2.26. The van der Waals surface area contributed by atoms with Gasteiger partial charge in [-0.15, -0.1) is 0 Å². The van der Waals surface area contributed by atoms with Gasteiger partial charge in [-0.2, -0.15) is 39.5 Å². The third-order valence-corrected chi connectivity index (χ3v) is 8.47. The summed E-state index contributed by atoms with van der Waals surface area (Å²) in [6.45, 7) is 0.492. The molecule has 0 bridgehead atoms. The molecular formula is C35H25F9N2O2. The zero-order valence-corrected chi connectivity index (χ0v) is 24.9. The predicted octanol–water partition coefficient (Wildman–Crippen LogP) is 10.00. The standard InChI is InChI=1S/C35H25F9N2O2/c36-33(37,38)21-17-26(24-7-1-3-9-28(24)34(39,40)41)32(27(18-21)25-8-2-4-10-29(25)35(42,43)44)20-15-22(45-13-5-11-30(45)47)19-23(16-20)46-14-6-12-31(46)48/h1-4,7-10,15-19H,5-6,11-14H2. The van der Waals surface area contributed by atoms with E-state index in [4.69, 9.17) is 0 Å². The van der Waals surface area contributed by atoms with Crippen LogP contribution in [-0.4, -0.2) is 24.9 Å². The largest absolute Gasteiger partial charge is 0.417 e. The lowest BCUT2D eigenvalue weighted by atomic mass is 9.83. The first-order valence-electron chi connectivity index (χ1n) is 14.9. The highest BCUT2D eigenvalue weighted by Gasteiger charge is 2.39. The summed E-state index contributed by atoms with van der Waals surface area (Å²) in [6, 6.07) is 13.0. The van der Waals surface area contributed by atoms with E-state index >= 15 is 0 Å². The molecule has 6 rings (SSSR count). The van der Waals surface area contributed by atoms with Crippen LogP contribution in [-0.2, 0) is 28.1 Å². The van der Waals surface area contributed by atoms with Crippen LogP contribution in [0.5, 0.6) is 0 Å².